The first-order chi connectivity index (χ1) is 9.83. The fraction of sp³-hybridized carbons (Fsp3) is 0.294. The summed E-state index contributed by atoms with van der Waals surface area (Å²) in [5.41, 5.74) is 7.33. The molecule has 3 nitrogen and oxygen atoms in total. The van der Waals surface area contributed by atoms with Crippen molar-refractivity contribution in [3.05, 3.63) is 60.2 Å². The van der Waals surface area contributed by atoms with Crippen LogP contribution in [0.2, 0.25) is 0 Å². The molecular formula is C17H19NO2. The van der Waals surface area contributed by atoms with E-state index in [0.717, 1.165) is 36.5 Å². The van der Waals surface area contributed by atoms with Crippen molar-refractivity contribution in [2.24, 2.45) is 5.73 Å². The molecule has 2 aromatic carbocycles. The van der Waals surface area contributed by atoms with Gasteiger partial charge in [-0.05, 0) is 42.7 Å². The van der Waals surface area contributed by atoms with Gasteiger partial charge in [0.1, 0.15) is 11.5 Å². The first-order valence-corrected chi connectivity index (χ1v) is 7.03. The molecule has 3 heteroatoms. The highest BCUT2D eigenvalue weighted by molar-refractivity contribution is 5.34. The molecule has 0 spiro atoms. The van der Waals surface area contributed by atoms with Crippen molar-refractivity contribution in [1.82, 2.24) is 0 Å². The summed E-state index contributed by atoms with van der Waals surface area (Å²) in [7, 11) is 0. The third kappa shape index (κ3) is 3.00. The van der Waals surface area contributed by atoms with Crippen molar-refractivity contribution in [1.29, 1.82) is 0 Å². The Hall–Kier alpha value is -1.84. The molecule has 0 radical (unpaired) electrons. The van der Waals surface area contributed by atoms with Crippen molar-refractivity contribution in [3.8, 4) is 11.5 Å². The Labute approximate surface area is 119 Å². The second kappa shape index (κ2) is 6.07. The molecule has 0 saturated carbocycles. The first-order valence-electron chi connectivity index (χ1n) is 7.03. The minimum absolute atomic E-state index is 0.0525. The Kier molecular flexibility index (Phi) is 4.00. The summed E-state index contributed by atoms with van der Waals surface area (Å²) in [4.78, 5) is 0. The maximum absolute atomic E-state index is 6.24. The van der Waals surface area contributed by atoms with E-state index in [9.17, 15) is 0 Å². The minimum atomic E-state index is -0.0525. The van der Waals surface area contributed by atoms with Crippen LogP contribution in [-0.2, 0) is 4.74 Å². The molecule has 2 atom stereocenters. The van der Waals surface area contributed by atoms with Crippen molar-refractivity contribution >= 4 is 0 Å². The SMILES string of the molecule is NC(c1ccc(Oc2ccccc2)cc1)C1CCCO1. The van der Waals surface area contributed by atoms with Crippen molar-refractivity contribution in [2.45, 2.75) is 25.0 Å². The Morgan fingerprint density at radius 1 is 1.00 bits per heavy atom. The number of benzene rings is 2. The monoisotopic (exact) mass is 269 g/mol. The number of nitrogens with two attached hydrogens (primary N) is 1. The maximum Gasteiger partial charge on any atom is 0.127 e. The molecule has 1 aliphatic heterocycles. The average molecular weight is 269 g/mol. The van der Waals surface area contributed by atoms with Crippen LogP contribution in [0.3, 0.4) is 0 Å². The van der Waals surface area contributed by atoms with Gasteiger partial charge in [0.2, 0.25) is 0 Å². The summed E-state index contributed by atoms with van der Waals surface area (Å²) in [6.45, 7) is 0.827. The van der Waals surface area contributed by atoms with Gasteiger partial charge in [-0.2, -0.15) is 0 Å². The Morgan fingerprint density at radius 2 is 1.70 bits per heavy atom. The zero-order valence-electron chi connectivity index (χ0n) is 11.4. The molecule has 2 unspecified atom stereocenters. The zero-order valence-corrected chi connectivity index (χ0v) is 11.4. The predicted molar refractivity (Wildman–Crippen MR) is 78.9 cm³/mol. The number of ether oxygens (including phenoxy) is 2. The highest BCUT2D eigenvalue weighted by atomic mass is 16.5. The average Bonchev–Trinajstić information content (AvgIpc) is 3.03. The molecule has 0 aromatic heterocycles. The van der Waals surface area contributed by atoms with Gasteiger partial charge in [-0.25, -0.2) is 0 Å². The van der Waals surface area contributed by atoms with E-state index in [4.69, 9.17) is 15.2 Å². The van der Waals surface area contributed by atoms with Gasteiger partial charge in [0.25, 0.3) is 0 Å². The summed E-state index contributed by atoms with van der Waals surface area (Å²) in [5.74, 6) is 1.66. The van der Waals surface area contributed by atoms with Crippen molar-refractivity contribution in [3.63, 3.8) is 0 Å². The lowest BCUT2D eigenvalue weighted by molar-refractivity contribution is 0.0900. The van der Waals surface area contributed by atoms with Crippen molar-refractivity contribution in [2.75, 3.05) is 6.61 Å². The van der Waals surface area contributed by atoms with Gasteiger partial charge >= 0.3 is 0 Å². The van der Waals surface area contributed by atoms with E-state index in [0.29, 0.717) is 0 Å². The number of hydrogen-bond acceptors (Lipinski definition) is 3. The molecular weight excluding hydrogens is 250 g/mol. The van der Waals surface area contributed by atoms with Crippen LogP contribution in [0, 0.1) is 0 Å². The molecule has 1 saturated heterocycles. The van der Waals surface area contributed by atoms with Crippen LogP contribution in [0.4, 0.5) is 0 Å². The minimum Gasteiger partial charge on any atom is -0.457 e. The Balaban J connectivity index is 1.68. The van der Waals surface area contributed by atoms with Gasteiger partial charge in [0, 0.05) is 6.61 Å². The van der Waals surface area contributed by atoms with E-state index in [2.05, 4.69) is 0 Å². The molecule has 1 aliphatic rings. The van der Waals surface area contributed by atoms with E-state index in [1.165, 1.54) is 0 Å². The van der Waals surface area contributed by atoms with Crippen LogP contribution in [-0.4, -0.2) is 12.7 Å². The van der Waals surface area contributed by atoms with E-state index in [1.54, 1.807) is 0 Å². The number of hydrogen-bond donors (Lipinski definition) is 1. The molecule has 0 bridgehead atoms. The second-order valence-corrected chi connectivity index (χ2v) is 5.06. The van der Waals surface area contributed by atoms with Gasteiger partial charge in [-0.15, -0.1) is 0 Å². The van der Waals surface area contributed by atoms with Gasteiger partial charge < -0.3 is 15.2 Å². The molecule has 1 fully saturated rings. The van der Waals surface area contributed by atoms with E-state index < -0.39 is 0 Å². The summed E-state index contributed by atoms with van der Waals surface area (Å²) in [6, 6.07) is 17.6. The van der Waals surface area contributed by atoms with E-state index >= 15 is 0 Å². The predicted octanol–water partition coefficient (Wildman–Crippen LogP) is 3.66. The molecule has 3 rings (SSSR count). The molecule has 2 N–H and O–H groups in total. The normalized spacial score (nSPS) is 19.8. The Bertz CT molecular complexity index is 533. The van der Waals surface area contributed by atoms with Gasteiger partial charge in [0.05, 0.1) is 12.1 Å². The fourth-order valence-electron chi connectivity index (χ4n) is 2.48. The summed E-state index contributed by atoms with van der Waals surface area (Å²) in [6.07, 6.45) is 2.30. The second-order valence-electron chi connectivity index (χ2n) is 5.06. The smallest absolute Gasteiger partial charge is 0.127 e. The molecule has 20 heavy (non-hydrogen) atoms. The summed E-state index contributed by atoms with van der Waals surface area (Å²) < 4.78 is 11.4. The fourth-order valence-corrected chi connectivity index (χ4v) is 2.48. The molecule has 2 aromatic rings. The van der Waals surface area contributed by atoms with E-state index in [1.807, 2.05) is 54.6 Å². The first kappa shape index (κ1) is 13.2. The lowest BCUT2D eigenvalue weighted by Crippen LogP contribution is -2.25. The van der Waals surface area contributed by atoms with Gasteiger partial charge in [0.15, 0.2) is 0 Å². The largest absolute Gasteiger partial charge is 0.457 e. The van der Waals surface area contributed by atoms with Crippen LogP contribution < -0.4 is 10.5 Å². The Morgan fingerprint density at radius 3 is 2.35 bits per heavy atom. The van der Waals surface area contributed by atoms with Crippen LogP contribution in [0.1, 0.15) is 24.4 Å². The van der Waals surface area contributed by atoms with Crippen molar-refractivity contribution < 1.29 is 9.47 Å². The standard InChI is InChI=1S/C17H19NO2/c18-17(16-7-4-12-19-16)13-8-10-15(11-9-13)20-14-5-2-1-3-6-14/h1-3,5-6,8-11,16-17H,4,7,12,18H2. The van der Waals surface area contributed by atoms with E-state index in [-0.39, 0.29) is 12.1 Å². The third-order valence-electron chi connectivity index (χ3n) is 3.61. The molecule has 0 amide bonds. The third-order valence-corrected chi connectivity index (χ3v) is 3.61. The summed E-state index contributed by atoms with van der Waals surface area (Å²) >= 11 is 0. The molecule has 0 aliphatic carbocycles. The highest BCUT2D eigenvalue weighted by Crippen LogP contribution is 2.27. The molecule has 1 heterocycles. The lowest BCUT2D eigenvalue weighted by atomic mass is 10.0. The van der Waals surface area contributed by atoms with Crippen LogP contribution in [0.25, 0.3) is 0 Å². The van der Waals surface area contributed by atoms with Crippen LogP contribution in [0.15, 0.2) is 54.6 Å². The highest BCUT2D eigenvalue weighted by Gasteiger charge is 2.23. The van der Waals surface area contributed by atoms with Crippen LogP contribution >= 0.6 is 0 Å². The lowest BCUT2D eigenvalue weighted by Gasteiger charge is -2.19. The topological polar surface area (TPSA) is 44.5 Å². The summed E-state index contributed by atoms with van der Waals surface area (Å²) in [5, 5.41) is 0. The number of rotatable bonds is 4. The van der Waals surface area contributed by atoms with Gasteiger partial charge in [-0.3, -0.25) is 0 Å². The van der Waals surface area contributed by atoms with Gasteiger partial charge in [-0.1, -0.05) is 30.3 Å². The maximum atomic E-state index is 6.24. The quantitative estimate of drug-likeness (QED) is 0.921. The molecule has 104 valence electrons. The zero-order chi connectivity index (χ0) is 13.8. The number of para-hydroxylation sites is 1. The van der Waals surface area contributed by atoms with Crippen LogP contribution in [0.5, 0.6) is 11.5 Å².